The molecule has 0 heterocycles. The lowest BCUT2D eigenvalue weighted by atomic mass is 10.0. The summed E-state index contributed by atoms with van der Waals surface area (Å²) in [5.41, 5.74) is 0.990. The summed E-state index contributed by atoms with van der Waals surface area (Å²) in [6.45, 7) is 2.25. The molecule has 1 rings (SSSR count). The van der Waals surface area contributed by atoms with Gasteiger partial charge in [-0.1, -0.05) is 82.9 Å². The first-order valence-corrected chi connectivity index (χ1v) is 8.72. The Hall–Kier alpha value is -1.51. The van der Waals surface area contributed by atoms with Crippen LogP contribution >= 0.6 is 0 Å². The molecule has 124 valence electrons. The highest BCUT2D eigenvalue weighted by Crippen LogP contribution is 2.21. The number of aryl methyl sites for hydroxylation is 1. The van der Waals surface area contributed by atoms with Crippen LogP contribution in [0.2, 0.25) is 0 Å². The van der Waals surface area contributed by atoms with Gasteiger partial charge in [0.05, 0.1) is 0 Å². The summed E-state index contributed by atoms with van der Waals surface area (Å²) < 4.78 is 4.80. The molecule has 0 aromatic heterocycles. The zero-order valence-corrected chi connectivity index (χ0v) is 13.9. The van der Waals surface area contributed by atoms with Crippen molar-refractivity contribution in [3.05, 3.63) is 29.8 Å². The summed E-state index contributed by atoms with van der Waals surface area (Å²) in [6.07, 6.45) is 12.7. The Bertz CT molecular complexity index is 415. The highest BCUT2D eigenvalue weighted by molar-refractivity contribution is 5.62. The number of hydrogen-bond acceptors (Lipinski definition) is 2. The van der Waals surface area contributed by atoms with Crippen molar-refractivity contribution in [2.24, 2.45) is 0 Å². The number of para-hydroxylation sites is 1. The Labute approximate surface area is 134 Å². The van der Waals surface area contributed by atoms with E-state index < -0.39 is 6.16 Å². The normalized spacial score (nSPS) is 10.6. The van der Waals surface area contributed by atoms with Gasteiger partial charge in [0.2, 0.25) is 0 Å². The summed E-state index contributed by atoms with van der Waals surface area (Å²) in [6, 6.07) is 7.41. The molecule has 3 heteroatoms. The Morgan fingerprint density at radius 3 is 2.05 bits per heavy atom. The zero-order chi connectivity index (χ0) is 16.0. The van der Waals surface area contributed by atoms with Crippen molar-refractivity contribution in [3.8, 4) is 5.75 Å². The minimum absolute atomic E-state index is 0.478. The highest BCUT2D eigenvalue weighted by atomic mass is 16.7. The summed E-state index contributed by atoms with van der Waals surface area (Å²) in [5.74, 6) is 0.478. The minimum atomic E-state index is -1.24. The Morgan fingerprint density at radius 2 is 1.45 bits per heavy atom. The summed E-state index contributed by atoms with van der Waals surface area (Å²) in [5, 5.41) is 8.72. The second-order valence-corrected chi connectivity index (χ2v) is 5.91. The molecule has 0 fully saturated rings. The molecular formula is C19H30O3. The smallest absolute Gasteiger partial charge is 0.449 e. The highest BCUT2D eigenvalue weighted by Gasteiger charge is 2.06. The van der Waals surface area contributed by atoms with E-state index in [1.165, 1.54) is 57.8 Å². The lowest BCUT2D eigenvalue weighted by Gasteiger charge is -2.07. The third-order valence-electron chi connectivity index (χ3n) is 3.97. The number of hydrogen-bond donors (Lipinski definition) is 1. The second-order valence-electron chi connectivity index (χ2n) is 5.91. The van der Waals surface area contributed by atoms with Gasteiger partial charge in [0.15, 0.2) is 0 Å². The van der Waals surface area contributed by atoms with Crippen LogP contribution in [-0.4, -0.2) is 11.3 Å². The zero-order valence-electron chi connectivity index (χ0n) is 13.9. The molecule has 0 aliphatic heterocycles. The van der Waals surface area contributed by atoms with Gasteiger partial charge in [0, 0.05) is 0 Å². The molecule has 1 aromatic carbocycles. The fourth-order valence-corrected chi connectivity index (χ4v) is 2.71. The predicted molar refractivity (Wildman–Crippen MR) is 90.6 cm³/mol. The summed E-state index contributed by atoms with van der Waals surface area (Å²) in [4.78, 5) is 10.6. The van der Waals surface area contributed by atoms with E-state index in [9.17, 15) is 4.79 Å². The van der Waals surface area contributed by atoms with E-state index in [4.69, 9.17) is 9.84 Å². The molecule has 0 spiro atoms. The topological polar surface area (TPSA) is 46.5 Å². The van der Waals surface area contributed by atoms with Gasteiger partial charge in [-0.3, -0.25) is 0 Å². The van der Waals surface area contributed by atoms with Crippen LogP contribution in [0.3, 0.4) is 0 Å². The van der Waals surface area contributed by atoms with Crippen LogP contribution in [0.5, 0.6) is 5.75 Å². The average Bonchev–Trinajstić information content (AvgIpc) is 2.50. The average molecular weight is 306 g/mol. The van der Waals surface area contributed by atoms with Crippen LogP contribution < -0.4 is 4.74 Å². The van der Waals surface area contributed by atoms with Gasteiger partial charge >= 0.3 is 6.16 Å². The Kier molecular flexibility index (Phi) is 10.2. The number of benzene rings is 1. The first-order chi connectivity index (χ1) is 10.7. The van der Waals surface area contributed by atoms with E-state index in [0.717, 1.165) is 18.4 Å². The molecule has 0 amide bonds. The lowest BCUT2D eigenvalue weighted by molar-refractivity contribution is 0.144. The van der Waals surface area contributed by atoms with Gasteiger partial charge in [-0.25, -0.2) is 4.79 Å². The molecule has 0 radical (unpaired) electrons. The van der Waals surface area contributed by atoms with Crippen molar-refractivity contribution in [1.82, 2.24) is 0 Å². The quantitative estimate of drug-likeness (QED) is 0.284. The van der Waals surface area contributed by atoms with Gasteiger partial charge in [-0.15, -0.1) is 0 Å². The number of carbonyl (C=O) groups is 1. The van der Waals surface area contributed by atoms with Crippen molar-refractivity contribution >= 4 is 6.16 Å². The van der Waals surface area contributed by atoms with Gasteiger partial charge in [0.25, 0.3) is 0 Å². The number of ether oxygens (including phenoxy) is 1. The van der Waals surface area contributed by atoms with Gasteiger partial charge < -0.3 is 9.84 Å². The van der Waals surface area contributed by atoms with E-state index in [1.54, 1.807) is 12.1 Å². The van der Waals surface area contributed by atoms with Crippen molar-refractivity contribution in [1.29, 1.82) is 0 Å². The molecule has 0 aliphatic rings. The maximum Gasteiger partial charge on any atom is 0.511 e. The molecule has 1 N–H and O–H groups in total. The fraction of sp³-hybridized carbons (Fsp3) is 0.632. The molecule has 0 saturated heterocycles. The molecule has 3 nitrogen and oxygen atoms in total. The van der Waals surface area contributed by atoms with Crippen LogP contribution in [0, 0.1) is 0 Å². The first-order valence-electron chi connectivity index (χ1n) is 8.72. The van der Waals surface area contributed by atoms with Gasteiger partial charge in [0.1, 0.15) is 5.75 Å². The van der Waals surface area contributed by atoms with Crippen molar-refractivity contribution in [2.45, 2.75) is 77.6 Å². The van der Waals surface area contributed by atoms with Crippen LogP contribution in [0.25, 0.3) is 0 Å². The first kappa shape index (κ1) is 18.5. The summed E-state index contributed by atoms with van der Waals surface area (Å²) in [7, 11) is 0. The predicted octanol–water partition coefficient (Wildman–Crippen LogP) is 6.21. The van der Waals surface area contributed by atoms with Crippen molar-refractivity contribution in [3.63, 3.8) is 0 Å². The third-order valence-corrected chi connectivity index (χ3v) is 3.97. The van der Waals surface area contributed by atoms with Gasteiger partial charge in [-0.2, -0.15) is 0 Å². The van der Waals surface area contributed by atoms with E-state index in [2.05, 4.69) is 6.92 Å². The SMILES string of the molecule is CCCCCCCCCCCCc1ccccc1OC(=O)O. The molecular weight excluding hydrogens is 276 g/mol. The van der Waals surface area contributed by atoms with E-state index in [-0.39, 0.29) is 0 Å². The number of unbranched alkanes of at least 4 members (excludes halogenated alkanes) is 9. The van der Waals surface area contributed by atoms with Crippen LogP contribution in [0.4, 0.5) is 4.79 Å². The minimum Gasteiger partial charge on any atom is -0.449 e. The van der Waals surface area contributed by atoms with Crippen LogP contribution in [0.15, 0.2) is 24.3 Å². The van der Waals surface area contributed by atoms with E-state index >= 15 is 0 Å². The largest absolute Gasteiger partial charge is 0.511 e. The number of rotatable bonds is 12. The molecule has 0 unspecified atom stereocenters. The maximum atomic E-state index is 10.6. The third kappa shape index (κ3) is 8.71. The molecule has 0 saturated carbocycles. The molecule has 1 aromatic rings. The van der Waals surface area contributed by atoms with E-state index in [0.29, 0.717) is 5.75 Å². The Morgan fingerprint density at radius 1 is 0.909 bits per heavy atom. The van der Waals surface area contributed by atoms with Crippen molar-refractivity contribution in [2.75, 3.05) is 0 Å². The monoisotopic (exact) mass is 306 g/mol. The molecule has 0 bridgehead atoms. The number of carboxylic acid groups (broad SMARTS) is 1. The summed E-state index contributed by atoms with van der Waals surface area (Å²) >= 11 is 0. The van der Waals surface area contributed by atoms with E-state index in [1.807, 2.05) is 12.1 Å². The standard InChI is InChI=1S/C19H30O3/c1-2-3-4-5-6-7-8-9-10-11-14-17-15-12-13-16-18(17)22-19(20)21/h12-13,15-16H,2-11,14H2,1H3,(H,20,21). The van der Waals surface area contributed by atoms with Crippen molar-refractivity contribution < 1.29 is 14.6 Å². The van der Waals surface area contributed by atoms with Crippen LogP contribution in [0.1, 0.15) is 76.7 Å². The second kappa shape index (κ2) is 12.1. The Balaban J connectivity index is 2.08. The lowest BCUT2D eigenvalue weighted by Crippen LogP contribution is -2.05. The molecule has 0 aliphatic carbocycles. The fourth-order valence-electron chi connectivity index (χ4n) is 2.71. The van der Waals surface area contributed by atoms with Gasteiger partial charge in [-0.05, 0) is 24.5 Å². The van der Waals surface area contributed by atoms with Crippen LogP contribution in [-0.2, 0) is 6.42 Å². The maximum absolute atomic E-state index is 10.6. The molecule has 0 atom stereocenters. The molecule has 22 heavy (non-hydrogen) atoms.